The number of likely N-dealkylation sites (tertiary alicyclic amines) is 1. The van der Waals surface area contributed by atoms with E-state index in [1.165, 1.54) is 44.5 Å². The molecule has 1 saturated heterocycles. The molecule has 21 heavy (non-hydrogen) atoms. The summed E-state index contributed by atoms with van der Waals surface area (Å²) in [6.45, 7) is 6.34. The Kier molecular flexibility index (Phi) is 4.18. The maximum atomic E-state index is 4.50. The SMILES string of the molecule is Cc1cc(C)nc(N/N=C2\C=C(N3CCCC3)CCC2)n1. The first-order valence-corrected chi connectivity index (χ1v) is 7.81. The van der Waals surface area contributed by atoms with Crippen molar-refractivity contribution < 1.29 is 0 Å². The van der Waals surface area contributed by atoms with Gasteiger partial charge in [-0.3, -0.25) is 0 Å². The van der Waals surface area contributed by atoms with Crippen molar-refractivity contribution in [2.75, 3.05) is 18.5 Å². The van der Waals surface area contributed by atoms with Crippen molar-refractivity contribution in [3.8, 4) is 0 Å². The van der Waals surface area contributed by atoms with Crippen LogP contribution >= 0.6 is 0 Å². The lowest BCUT2D eigenvalue weighted by Gasteiger charge is -2.24. The highest BCUT2D eigenvalue weighted by atomic mass is 15.4. The molecule has 5 nitrogen and oxygen atoms in total. The minimum Gasteiger partial charge on any atom is -0.375 e. The van der Waals surface area contributed by atoms with Gasteiger partial charge in [-0.25, -0.2) is 15.4 Å². The van der Waals surface area contributed by atoms with Crippen LogP contribution in [0.15, 0.2) is 22.9 Å². The second kappa shape index (κ2) is 6.24. The summed E-state index contributed by atoms with van der Waals surface area (Å²) in [5.74, 6) is 0.585. The molecular formula is C16H23N5. The van der Waals surface area contributed by atoms with E-state index >= 15 is 0 Å². The zero-order valence-electron chi connectivity index (χ0n) is 12.9. The lowest BCUT2D eigenvalue weighted by molar-refractivity contribution is 0.404. The fraction of sp³-hybridized carbons (Fsp3) is 0.562. The summed E-state index contributed by atoms with van der Waals surface area (Å²) in [6.07, 6.45) is 8.26. The Morgan fingerprint density at radius 1 is 1.05 bits per heavy atom. The van der Waals surface area contributed by atoms with Crippen LogP contribution in [0.5, 0.6) is 0 Å². The Morgan fingerprint density at radius 2 is 1.76 bits per heavy atom. The van der Waals surface area contributed by atoms with E-state index < -0.39 is 0 Å². The van der Waals surface area contributed by atoms with Crippen molar-refractivity contribution in [2.45, 2.75) is 46.0 Å². The Bertz CT molecular complexity index is 550. The van der Waals surface area contributed by atoms with Crippen LogP contribution < -0.4 is 5.43 Å². The zero-order valence-corrected chi connectivity index (χ0v) is 12.9. The summed E-state index contributed by atoms with van der Waals surface area (Å²) in [5, 5.41) is 4.50. The molecule has 3 rings (SSSR count). The number of anilines is 1. The molecule has 2 heterocycles. The van der Waals surface area contributed by atoms with Crippen LogP contribution in [0.25, 0.3) is 0 Å². The molecule has 1 N–H and O–H groups in total. The standard InChI is InChI=1S/C16H23N5/c1-12-10-13(2)18-16(17-12)20-19-14-6-5-7-15(11-14)21-8-3-4-9-21/h10-11H,3-9H2,1-2H3,(H,17,18,20)/b19-14-. The highest BCUT2D eigenvalue weighted by Crippen LogP contribution is 2.23. The van der Waals surface area contributed by atoms with Crippen molar-refractivity contribution in [3.05, 3.63) is 29.2 Å². The second-order valence-corrected chi connectivity index (χ2v) is 5.87. The van der Waals surface area contributed by atoms with E-state index in [9.17, 15) is 0 Å². The van der Waals surface area contributed by atoms with Gasteiger partial charge in [-0.1, -0.05) is 0 Å². The van der Waals surface area contributed by atoms with Gasteiger partial charge in [-0.15, -0.1) is 0 Å². The predicted octanol–water partition coefficient (Wildman–Crippen LogP) is 3.02. The minimum absolute atomic E-state index is 0.585. The molecule has 1 fully saturated rings. The van der Waals surface area contributed by atoms with Gasteiger partial charge in [0.25, 0.3) is 0 Å². The number of nitrogens with one attached hydrogen (secondary N) is 1. The molecule has 112 valence electrons. The zero-order chi connectivity index (χ0) is 14.7. The first kappa shape index (κ1) is 14.0. The number of aryl methyl sites for hydroxylation is 2. The topological polar surface area (TPSA) is 53.4 Å². The molecule has 0 spiro atoms. The van der Waals surface area contributed by atoms with Crippen LogP contribution in [0, 0.1) is 13.8 Å². The number of rotatable bonds is 3. The third-order valence-corrected chi connectivity index (χ3v) is 3.99. The molecule has 0 unspecified atom stereocenters. The van der Waals surface area contributed by atoms with E-state index in [4.69, 9.17) is 0 Å². The number of aromatic nitrogens is 2. The lowest BCUT2D eigenvalue weighted by atomic mass is 10.0. The van der Waals surface area contributed by atoms with Crippen LogP contribution in [-0.2, 0) is 0 Å². The maximum absolute atomic E-state index is 4.50. The molecule has 1 aromatic rings. The van der Waals surface area contributed by atoms with E-state index in [0.29, 0.717) is 5.95 Å². The lowest BCUT2D eigenvalue weighted by Crippen LogP contribution is -2.22. The Balaban J connectivity index is 1.71. The van der Waals surface area contributed by atoms with Gasteiger partial charge in [0.05, 0.1) is 5.71 Å². The number of hydrogen-bond donors (Lipinski definition) is 1. The summed E-state index contributed by atoms with van der Waals surface area (Å²) in [7, 11) is 0. The molecule has 1 aliphatic carbocycles. The quantitative estimate of drug-likeness (QED) is 0.867. The number of hydrogen-bond acceptors (Lipinski definition) is 5. The van der Waals surface area contributed by atoms with Crippen LogP contribution in [0.4, 0.5) is 5.95 Å². The molecule has 1 aromatic heterocycles. The first-order valence-electron chi connectivity index (χ1n) is 7.81. The van der Waals surface area contributed by atoms with E-state index in [-0.39, 0.29) is 0 Å². The average molecular weight is 285 g/mol. The number of nitrogens with zero attached hydrogens (tertiary/aromatic N) is 4. The maximum Gasteiger partial charge on any atom is 0.243 e. The second-order valence-electron chi connectivity index (χ2n) is 5.87. The van der Waals surface area contributed by atoms with Gasteiger partial charge in [0.1, 0.15) is 0 Å². The van der Waals surface area contributed by atoms with Crippen molar-refractivity contribution in [3.63, 3.8) is 0 Å². The van der Waals surface area contributed by atoms with Gasteiger partial charge >= 0.3 is 0 Å². The third-order valence-electron chi connectivity index (χ3n) is 3.99. The van der Waals surface area contributed by atoms with Gasteiger partial charge in [-0.05, 0) is 58.1 Å². The van der Waals surface area contributed by atoms with Gasteiger partial charge in [0.2, 0.25) is 5.95 Å². The van der Waals surface area contributed by atoms with E-state index in [1.807, 2.05) is 19.9 Å². The van der Waals surface area contributed by atoms with Gasteiger partial charge in [0, 0.05) is 30.2 Å². The highest BCUT2D eigenvalue weighted by Gasteiger charge is 2.18. The summed E-state index contributed by atoms with van der Waals surface area (Å²) < 4.78 is 0. The molecule has 0 amide bonds. The van der Waals surface area contributed by atoms with Crippen LogP contribution in [-0.4, -0.2) is 33.7 Å². The third kappa shape index (κ3) is 3.60. The summed E-state index contributed by atoms with van der Waals surface area (Å²) >= 11 is 0. The van der Waals surface area contributed by atoms with Gasteiger partial charge in [0.15, 0.2) is 0 Å². The highest BCUT2D eigenvalue weighted by molar-refractivity contribution is 5.96. The van der Waals surface area contributed by atoms with E-state index in [1.54, 1.807) is 0 Å². The normalized spacial score (nSPS) is 20.8. The fourth-order valence-corrected chi connectivity index (χ4v) is 3.03. The van der Waals surface area contributed by atoms with Crippen molar-refractivity contribution >= 4 is 11.7 Å². The summed E-state index contributed by atoms with van der Waals surface area (Å²) in [5.41, 5.74) is 7.48. The van der Waals surface area contributed by atoms with Crippen LogP contribution in [0.3, 0.4) is 0 Å². The first-order chi connectivity index (χ1) is 10.2. The Hall–Kier alpha value is -1.91. The molecule has 0 radical (unpaired) electrons. The average Bonchev–Trinajstić information content (AvgIpc) is 2.99. The smallest absolute Gasteiger partial charge is 0.243 e. The Labute approximate surface area is 126 Å². The molecule has 0 aromatic carbocycles. The molecular weight excluding hydrogens is 262 g/mol. The van der Waals surface area contributed by atoms with Crippen molar-refractivity contribution in [1.29, 1.82) is 0 Å². The van der Waals surface area contributed by atoms with Crippen molar-refractivity contribution in [2.24, 2.45) is 5.10 Å². The predicted molar refractivity (Wildman–Crippen MR) is 85.3 cm³/mol. The van der Waals surface area contributed by atoms with Crippen LogP contribution in [0.2, 0.25) is 0 Å². The van der Waals surface area contributed by atoms with E-state index in [2.05, 4.69) is 31.5 Å². The summed E-state index contributed by atoms with van der Waals surface area (Å²) in [4.78, 5) is 11.2. The van der Waals surface area contributed by atoms with Gasteiger partial charge < -0.3 is 4.90 Å². The largest absolute Gasteiger partial charge is 0.375 e. The molecule has 2 aliphatic rings. The molecule has 5 heteroatoms. The molecule has 1 aliphatic heterocycles. The monoisotopic (exact) mass is 285 g/mol. The molecule has 0 bridgehead atoms. The summed E-state index contributed by atoms with van der Waals surface area (Å²) in [6, 6.07) is 1.96. The van der Waals surface area contributed by atoms with E-state index in [0.717, 1.165) is 23.5 Å². The number of allylic oxidation sites excluding steroid dienone is 2. The number of hydrazone groups is 1. The Morgan fingerprint density at radius 3 is 2.48 bits per heavy atom. The molecule has 0 saturated carbocycles. The minimum atomic E-state index is 0.585. The van der Waals surface area contributed by atoms with Crippen molar-refractivity contribution in [1.82, 2.24) is 14.9 Å². The van der Waals surface area contributed by atoms with Crippen LogP contribution in [0.1, 0.15) is 43.5 Å². The van der Waals surface area contributed by atoms with Gasteiger partial charge in [-0.2, -0.15) is 5.10 Å². The fourth-order valence-electron chi connectivity index (χ4n) is 3.03. The molecule has 0 atom stereocenters.